The van der Waals surface area contributed by atoms with Crippen LogP contribution in [0.2, 0.25) is 0 Å². The van der Waals surface area contributed by atoms with Crippen molar-refractivity contribution in [1.29, 1.82) is 0 Å². The molecule has 0 bridgehead atoms. The van der Waals surface area contributed by atoms with Crippen LogP contribution in [-0.4, -0.2) is 37.2 Å². The van der Waals surface area contributed by atoms with Crippen molar-refractivity contribution < 1.29 is 28.6 Å². The highest BCUT2D eigenvalue weighted by Gasteiger charge is 2.19. The van der Waals surface area contributed by atoms with E-state index in [2.05, 4.69) is 130 Å². The minimum absolute atomic E-state index is 0.0848. The Balaban J connectivity index is 4.21. The Hall–Kier alpha value is -3.93. The average Bonchev–Trinajstić information content (AvgIpc) is 3.37. The maximum absolute atomic E-state index is 12.8. The van der Waals surface area contributed by atoms with Crippen molar-refractivity contribution in [3.63, 3.8) is 0 Å². The van der Waals surface area contributed by atoms with Crippen molar-refractivity contribution in [3.05, 3.63) is 109 Å². The predicted molar refractivity (Wildman–Crippen MR) is 307 cm³/mol. The highest BCUT2D eigenvalue weighted by atomic mass is 16.6. The van der Waals surface area contributed by atoms with Crippen molar-refractivity contribution in [2.75, 3.05) is 13.2 Å². The monoisotopic (exact) mass is 985 g/mol. The lowest BCUT2D eigenvalue weighted by molar-refractivity contribution is -0.167. The van der Waals surface area contributed by atoms with Gasteiger partial charge in [-0.1, -0.05) is 246 Å². The number of carbonyl (C=O) groups excluding carboxylic acids is 3. The minimum atomic E-state index is -0.785. The third-order valence-corrected chi connectivity index (χ3v) is 12.3. The fraction of sp³-hybridized carbons (Fsp3) is 0.677. The van der Waals surface area contributed by atoms with Gasteiger partial charge in [0.25, 0.3) is 0 Å². The van der Waals surface area contributed by atoms with Crippen LogP contribution >= 0.6 is 0 Å². The molecule has 0 aliphatic heterocycles. The Morgan fingerprint density at radius 3 is 0.887 bits per heavy atom. The topological polar surface area (TPSA) is 78.9 Å². The first-order valence-corrected chi connectivity index (χ1v) is 29.4. The van der Waals surface area contributed by atoms with Gasteiger partial charge in [0.1, 0.15) is 13.2 Å². The van der Waals surface area contributed by atoms with Crippen LogP contribution in [0.4, 0.5) is 0 Å². The van der Waals surface area contributed by atoms with E-state index < -0.39 is 6.10 Å². The van der Waals surface area contributed by atoms with Crippen molar-refractivity contribution in [2.24, 2.45) is 0 Å². The number of hydrogen-bond acceptors (Lipinski definition) is 6. The standard InChI is InChI=1S/C65H108O6/c1-4-7-10-13-16-18-20-22-24-26-27-28-29-30-31-32-33-34-35-36-37-39-40-42-44-46-49-52-55-58-64(67)70-61-62(60-69-63(66)57-54-51-48-15-12-9-6-3)71-65(68)59-56-53-50-47-45-43-41-38-25-23-21-19-17-14-11-8-5-2/h7,10,16-19,22-25,27-28,30-31,33-34,36-37,62H,4-6,8-9,11-15,20-21,26,29,32,35,38-61H2,1-3H3/b10-7-,18-16-,19-17-,24-22-,25-23-,28-27-,31-30-,34-33-,37-36-. The fourth-order valence-electron chi connectivity index (χ4n) is 7.86. The smallest absolute Gasteiger partial charge is 0.306 e. The summed E-state index contributed by atoms with van der Waals surface area (Å²) >= 11 is 0. The molecule has 0 saturated carbocycles. The second-order valence-corrected chi connectivity index (χ2v) is 19.2. The zero-order valence-corrected chi connectivity index (χ0v) is 46.2. The van der Waals surface area contributed by atoms with E-state index in [9.17, 15) is 14.4 Å². The lowest BCUT2D eigenvalue weighted by Gasteiger charge is -2.18. The molecule has 1 atom stereocenters. The Bertz CT molecular complexity index is 1460. The summed E-state index contributed by atoms with van der Waals surface area (Å²) in [6, 6.07) is 0. The second kappa shape index (κ2) is 58.6. The van der Waals surface area contributed by atoms with E-state index >= 15 is 0 Å². The third-order valence-electron chi connectivity index (χ3n) is 12.3. The number of unbranched alkanes of at least 4 members (excludes halogenated alkanes) is 23. The Labute approximate surface area is 438 Å². The molecular weight excluding hydrogens is 877 g/mol. The van der Waals surface area contributed by atoms with Crippen LogP contribution in [0.15, 0.2) is 109 Å². The van der Waals surface area contributed by atoms with E-state index in [-0.39, 0.29) is 31.1 Å². The molecular formula is C65H108O6. The maximum atomic E-state index is 12.8. The van der Waals surface area contributed by atoms with Crippen LogP contribution in [0.5, 0.6) is 0 Å². The number of esters is 3. The zero-order chi connectivity index (χ0) is 51.4. The van der Waals surface area contributed by atoms with Gasteiger partial charge in [0, 0.05) is 19.3 Å². The number of hydrogen-bond donors (Lipinski definition) is 0. The summed E-state index contributed by atoms with van der Waals surface area (Å²) in [6.07, 6.45) is 79.6. The third kappa shape index (κ3) is 56.9. The number of carbonyl (C=O) groups is 3. The van der Waals surface area contributed by atoms with Crippen LogP contribution in [0, 0.1) is 0 Å². The Kier molecular flexibility index (Phi) is 55.4. The highest BCUT2D eigenvalue weighted by Crippen LogP contribution is 2.14. The molecule has 0 saturated heterocycles. The summed E-state index contributed by atoms with van der Waals surface area (Å²) in [4.78, 5) is 38.0. The van der Waals surface area contributed by atoms with Crippen LogP contribution in [0.3, 0.4) is 0 Å². The Morgan fingerprint density at radius 2 is 0.549 bits per heavy atom. The Morgan fingerprint density at radius 1 is 0.296 bits per heavy atom. The van der Waals surface area contributed by atoms with E-state index in [4.69, 9.17) is 14.2 Å². The van der Waals surface area contributed by atoms with Gasteiger partial charge in [0.2, 0.25) is 0 Å². The summed E-state index contributed by atoms with van der Waals surface area (Å²) in [5.41, 5.74) is 0. The molecule has 0 radical (unpaired) electrons. The van der Waals surface area contributed by atoms with Gasteiger partial charge in [-0.15, -0.1) is 0 Å². The van der Waals surface area contributed by atoms with Gasteiger partial charge >= 0.3 is 17.9 Å². The highest BCUT2D eigenvalue weighted by molar-refractivity contribution is 5.71. The quantitative estimate of drug-likeness (QED) is 0.0261. The van der Waals surface area contributed by atoms with Crippen molar-refractivity contribution in [3.8, 4) is 0 Å². The maximum Gasteiger partial charge on any atom is 0.306 e. The molecule has 0 aromatic carbocycles. The normalized spacial score (nSPS) is 12.9. The molecule has 0 rings (SSSR count). The van der Waals surface area contributed by atoms with Gasteiger partial charge in [-0.2, -0.15) is 0 Å². The summed E-state index contributed by atoms with van der Waals surface area (Å²) in [5.74, 6) is -0.910. The van der Waals surface area contributed by atoms with Crippen LogP contribution < -0.4 is 0 Å². The van der Waals surface area contributed by atoms with Gasteiger partial charge in [-0.3, -0.25) is 14.4 Å². The molecule has 1 unspecified atom stereocenters. The molecule has 0 fully saturated rings. The van der Waals surface area contributed by atoms with Gasteiger partial charge in [0.15, 0.2) is 6.10 Å². The van der Waals surface area contributed by atoms with Gasteiger partial charge in [-0.25, -0.2) is 0 Å². The minimum Gasteiger partial charge on any atom is -0.462 e. The van der Waals surface area contributed by atoms with E-state index in [0.29, 0.717) is 19.3 Å². The van der Waals surface area contributed by atoms with Crippen molar-refractivity contribution >= 4 is 17.9 Å². The molecule has 0 amide bonds. The summed E-state index contributed by atoms with van der Waals surface area (Å²) in [7, 11) is 0. The molecule has 6 heteroatoms. The molecule has 0 aliphatic rings. The van der Waals surface area contributed by atoms with Crippen LogP contribution in [-0.2, 0) is 28.6 Å². The molecule has 0 aliphatic carbocycles. The van der Waals surface area contributed by atoms with Gasteiger partial charge < -0.3 is 14.2 Å². The zero-order valence-electron chi connectivity index (χ0n) is 46.2. The van der Waals surface area contributed by atoms with Crippen molar-refractivity contribution in [1.82, 2.24) is 0 Å². The molecule has 0 spiro atoms. The molecule has 0 N–H and O–H groups in total. The summed E-state index contributed by atoms with van der Waals surface area (Å²) in [6.45, 7) is 6.44. The van der Waals surface area contributed by atoms with E-state index in [1.54, 1.807) is 0 Å². The fourth-order valence-corrected chi connectivity index (χ4v) is 7.86. The first-order valence-electron chi connectivity index (χ1n) is 29.4. The summed E-state index contributed by atoms with van der Waals surface area (Å²) in [5, 5.41) is 0. The average molecular weight is 986 g/mol. The van der Waals surface area contributed by atoms with E-state index in [1.807, 2.05) is 0 Å². The SMILES string of the molecule is CC/C=C\C/C=C\C/C=C\C/C=C\C/C=C\C/C=C\C/C=C\CCCCCCCCCC(=O)OCC(COC(=O)CCCCCCCCC)OC(=O)CCCCCCCCC/C=C\C/C=C\CCCCC. The largest absolute Gasteiger partial charge is 0.462 e. The number of ether oxygens (including phenoxy) is 3. The number of allylic oxidation sites excluding steroid dienone is 18. The van der Waals surface area contributed by atoms with Crippen LogP contribution in [0.25, 0.3) is 0 Å². The van der Waals surface area contributed by atoms with Crippen molar-refractivity contribution in [2.45, 2.75) is 271 Å². The second-order valence-electron chi connectivity index (χ2n) is 19.2. The molecule has 0 aromatic heterocycles. The summed E-state index contributed by atoms with van der Waals surface area (Å²) < 4.78 is 16.8. The van der Waals surface area contributed by atoms with Crippen LogP contribution in [0.1, 0.15) is 265 Å². The molecule has 0 heterocycles. The van der Waals surface area contributed by atoms with Gasteiger partial charge in [0.05, 0.1) is 0 Å². The van der Waals surface area contributed by atoms with Gasteiger partial charge in [-0.05, 0) is 109 Å². The first kappa shape index (κ1) is 67.1. The number of rotatable bonds is 52. The lowest BCUT2D eigenvalue weighted by atomic mass is 10.1. The molecule has 0 aromatic rings. The lowest BCUT2D eigenvalue weighted by Crippen LogP contribution is -2.30. The van der Waals surface area contributed by atoms with E-state index in [0.717, 1.165) is 122 Å². The molecule has 71 heavy (non-hydrogen) atoms. The molecule has 404 valence electrons. The predicted octanol–water partition coefficient (Wildman–Crippen LogP) is 19.9. The first-order chi connectivity index (χ1) is 35.0. The van der Waals surface area contributed by atoms with E-state index in [1.165, 1.54) is 103 Å². The molecule has 6 nitrogen and oxygen atoms in total.